The van der Waals surface area contributed by atoms with Crippen LogP contribution in [0.15, 0.2) is 0 Å². The minimum Gasteiger partial charge on any atom is -0.341 e. The lowest BCUT2D eigenvalue weighted by Crippen LogP contribution is -2.56. The number of piperidine rings is 1. The molecule has 1 saturated carbocycles. The van der Waals surface area contributed by atoms with Crippen LogP contribution in [0.25, 0.3) is 0 Å². The van der Waals surface area contributed by atoms with Crippen LogP contribution in [0.1, 0.15) is 58.8 Å². The van der Waals surface area contributed by atoms with Crippen LogP contribution < -0.4 is 5.73 Å². The van der Waals surface area contributed by atoms with Crippen molar-refractivity contribution in [1.82, 2.24) is 4.90 Å². The summed E-state index contributed by atoms with van der Waals surface area (Å²) >= 11 is 0. The van der Waals surface area contributed by atoms with E-state index in [1.165, 1.54) is 32.1 Å². The summed E-state index contributed by atoms with van der Waals surface area (Å²) in [6, 6.07) is 0. The molecular weight excluding hydrogens is 224 g/mol. The third kappa shape index (κ3) is 2.87. The van der Waals surface area contributed by atoms with Crippen LogP contribution in [-0.2, 0) is 4.79 Å². The molecule has 104 valence electrons. The molecule has 0 aromatic heterocycles. The molecule has 2 aliphatic rings. The van der Waals surface area contributed by atoms with Crippen molar-refractivity contribution in [2.75, 3.05) is 13.1 Å². The van der Waals surface area contributed by atoms with Gasteiger partial charge in [-0.25, -0.2) is 0 Å². The highest BCUT2D eigenvalue weighted by molar-refractivity contribution is 5.85. The van der Waals surface area contributed by atoms with Crippen LogP contribution in [0.5, 0.6) is 0 Å². The molecule has 0 bridgehead atoms. The normalized spacial score (nSPS) is 31.6. The molecule has 1 aliphatic heterocycles. The van der Waals surface area contributed by atoms with Crippen LogP contribution in [0, 0.1) is 11.8 Å². The Balaban J connectivity index is 1.96. The second-order valence-electron chi connectivity index (χ2n) is 6.51. The average Bonchev–Trinajstić information content (AvgIpc) is 2.37. The van der Waals surface area contributed by atoms with Gasteiger partial charge in [0.15, 0.2) is 0 Å². The largest absolute Gasteiger partial charge is 0.341 e. The number of nitrogens with two attached hydrogens (primary N) is 1. The van der Waals surface area contributed by atoms with Gasteiger partial charge >= 0.3 is 0 Å². The maximum Gasteiger partial charge on any atom is 0.242 e. The molecular formula is C15H28N2O. The molecule has 2 N–H and O–H groups in total. The summed E-state index contributed by atoms with van der Waals surface area (Å²) in [5, 5.41) is 0. The van der Waals surface area contributed by atoms with E-state index in [-0.39, 0.29) is 5.91 Å². The Labute approximate surface area is 111 Å². The van der Waals surface area contributed by atoms with Crippen molar-refractivity contribution >= 4 is 5.91 Å². The van der Waals surface area contributed by atoms with Crippen LogP contribution in [0.3, 0.4) is 0 Å². The zero-order valence-electron chi connectivity index (χ0n) is 12.0. The highest BCUT2D eigenvalue weighted by atomic mass is 16.2. The fourth-order valence-corrected chi connectivity index (χ4v) is 3.77. The summed E-state index contributed by atoms with van der Waals surface area (Å²) < 4.78 is 0. The summed E-state index contributed by atoms with van der Waals surface area (Å²) in [6.07, 6.45) is 8.37. The third-order valence-electron chi connectivity index (χ3n) is 4.84. The smallest absolute Gasteiger partial charge is 0.242 e. The molecule has 0 radical (unpaired) electrons. The minimum atomic E-state index is -0.656. The Morgan fingerprint density at radius 2 is 1.94 bits per heavy atom. The monoisotopic (exact) mass is 252 g/mol. The zero-order chi connectivity index (χ0) is 13.2. The van der Waals surface area contributed by atoms with Crippen molar-refractivity contribution in [2.45, 2.75) is 64.3 Å². The SMILES string of the molecule is CCCC(C)(N)C(=O)N1CCC2CCCCC2C1. The van der Waals surface area contributed by atoms with Crippen molar-refractivity contribution < 1.29 is 4.79 Å². The molecule has 1 amide bonds. The van der Waals surface area contributed by atoms with Crippen molar-refractivity contribution in [2.24, 2.45) is 17.6 Å². The fourth-order valence-electron chi connectivity index (χ4n) is 3.77. The second kappa shape index (κ2) is 5.60. The van der Waals surface area contributed by atoms with E-state index in [0.29, 0.717) is 0 Å². The van der Waals surface area contributed by atoms with Gasteiger partial charge in [0.1, 0.15) is 0 Å². The molecule has 3 heteroatoms. The van der Waals surface area contributed by atoms with Gasteiger partial charge in [0.2, 0.25) is 5.91 Å². The molecule has 1 saturated heterocycles. The predicted molar refractivity (Wildman–Crippen MR) is 74.1 cm³/mol. The molecule has 1 aliphatic carbocycles. The maximum absolute atomic E-state index is 12.5. The number of fused-ring (bicyclic) bond motifs is 1. The predicted octanol–water partition coefficient (Wildman–Crippen LogP) is 2.54. The van der Waals surface area contributed by atoms with Gasteiger partial charge in [-0.3, -0.25) is 4.79 Å². The number of carbonyl (C=O) groups is 1. The molecule has 0 spiro atoms. The summed E-state index contributed by atoms with van der Waals surface area (Å²) in [6.45, 7) is 5.87. The van der Waals surface area contributed by atoms with Gasteiger partial charge in [0, 0.05) is 13.1 Å². The highest BCUT2D eigenvalue weighted by Gasteiger charge is 2.37. The van der Waals surface area contributed by atoms with Gasteiger partial charge < -0.3 is 10.6 Å². The van der Waals surface area contributed by atoms with Gasteiger partial charge in [0.25, 0.3) is 0 Å². The van der Waals surface area contributed by atoms with Crippen molar-refractivity contribution in [3.05, 3.63) is 0 Å². The molecule has 0 aromatic carbocycles. The van der Waals surface area contributed by atoms with E-state index in [9.17, 15) is 4.79 Å². The summed E-state index contributed by atoms with van der Waals surface area (Å²) in [7, 11) is 0. The Morgan fingerprint density at radius 3 is 2.61 bits per heavy atom. The summed E-state index contributed by atoms with van der Waals surface area (Å²) in [5.41, 5.74) is 5.52. The molecule has 18 heavy (non-hydrogen) atoms. The van der Waals surface area contributed by atoms with Crippen LogP contribution >= 0.6 is 0 Å². The number of rotatable bonds is 3. The number of carbonyl (C=O) groups excluding carboxylic acids is 1. The number of amides is 1. The molecule has 0 aromatic rings. The van der Waals surface area contributed by atoms with Gasteiger partial charge in [-0.2, -0.15) is 0 Å². The molecule has 3 unspecified atom stereocenters. The molecule has 3 nitrogen and oxygen atoms in total. The van der Waals surface area contributed by atoms with Crippen LogP contribution in [0.2, 0.25) is 0 Å². The van der Waals surface area contributed by atoms with Crippen molar-refractivity contribution in [3.63, 3.8) is 0 Å². The first-order chi connectivity index (χ1) is 8.54. The van der Waals surface area contributed by atoms with E-state index in [1.54, 1.807) is 0 Å². The fraction of sp³-hybridized carbons (Fsp3) is 0.933. The van der Waals surface area contributed by atoms with Gasteiger partial charge in [-0.15, -0.1) is 0 Å². The lowest BCUT2D eigenvalue weighted by atomic mass is 9.75. The average molecular weight is 252 g/mol. The van der Waals surface area contributed by atoms with Crippen molar-refractivity contribution in [1.29, 1.82) is 0 Å². The summed E-state index contributed by atoms with van der Waals surface area (Å²) in [5.74, 6) is 1.79. The first kappa shape index (κ1) is 13.9. The number of hydrogen-bond acceptors (Lipinski definition) is 2. The van der Waals surface area contributed by atoms with Crippen molar-refractivity contribution in [3.8, 4) is 0 Å². The number of nitrogens with zero attached hydrogens (tertiary/aromatic N) is 1. The quantitative estimate of drug-likeness (QED) is 0.839. The maximum atomic E-state index is 12.5. The van der Waals surface area contributed by atoms with Gasteiger partial charge in [-0.05, 0) is 38.0 Å². The highest BCUT2D eigenvalue weighted by Crippen LogP contribution is 2.36. The summed E-state index contributed by atoms with van der Waals surface area (Å²) in [4.78, 5) is 14.5. The molecule has 1 heterocycles. The topological polar surface area (TPSA) is 46.3 Å². The first-order valence-corrected chi connectivity index (χ1v) is 7.63. The molecule has 2 rings (SSSR count). The van der Waals surface area contributed by atoms with Crippen LogP contribution in [-0.4, -0.2) is 29.4 Å². The Hall–Kier alpha value is -0.570. The minimum absolute atomic E-state index is 0.174. The van der Waals surface area contributed by atoms with E-state index >= 15 is 0 Å². The van der Waals surface area contributed by atoms with E-state index in [4.69, 9.17) is 5.73 Å². The van der Waals surface area contributed by atoms with E-state index in [1.807, 2.05) is 11.8 Å². The first-order valence-electron chi connectivity index (χ1n) is 7.63. The Morgan fingerprint density at radius 1 is 1.28 bits per heavy atom. The number of likely N-dealkylation sites (tertiary alicyclic amines) is 1. The van der Waals surface area contributed by atoms with Crippen LogP contribution in [0.4, 0.5) is 0 Å². The van der Waals surface area contributed by atoms with E-state index in [2.05, 4.69) is 6.92 Å². The Bertz CT molecular complexity index is 301. The zero-order valence-corrected chi connectivity index (χ0v) is 12.0. The third-order valence-corrected chi connectivity index (χ3v) is 4.84. The standard InChI is InChI=1S/C15H28N2O/c1-3-9-15(2,16)14(18)17-10-8-12-6-4-5-7-13(12)11-17/h12-13H,3-11,16H2,1-2H3. The Kier molecular flexibility index (Phi) is 4.31. The molecule has 3 atom stereocenters. The van der Waals surface area contributed by atoms with E-state index < -0.39 is 5.54 Å². The second-order valence-corrected chi connectivity index (χ2v) is 6.51. The molecule has 2 fully saturated rings. The lowest BCUT2D eigenvalue weighted by Gasteiger charge is -2.43. The van der Waals surface area contributed by atoms with E-state index in [0.717, 1.165) is 37.8 Å². The van der Waals surface area contributed by atoms with Gasteiger partial charge in [-0.1, -0.05) is 32.6 Å². The number of hydrogen-bond donors (Lipinski definition) is 1. The van der Waals surface area contributed by atoms with Gasteiger partial charge in [0.05, 0.1) is 5.54 Å². The lowest BCUT2D eigenvalue weighted by molar-refractivity contribution is -0.139.